The van der Waals surface area contributed by atoms with Crippen LogP contribution in [-0.4, -0.2) is 32.0 Å². The Morgan fingerprint density at radius 1 is 1.23 bits per heavy atom. The lowest BCUT2D eigenvalue weighted by Gasteiger charge is -2.10. The Hall–Kier alpha value is -2.05. The van der Waals surface area contributed by atoms with E-state index in [1.807, 2.05) is 6.07 Å². The predicted octanol–water partition coefficient (Wildman–Crippen LogP) is 3.30. The average molecular weight is 337 g/mol. The van der Waals surface area contributed by atoms with Crippen LogP contribution in [-0.2, 0) is 9.84 Å². The molecule has 22 heavy (non-hydrogen) atoms. The summed E-state index contributed by atoms with van der Waals surface area (Å²) >= 11 is 6.13. The molecule has 0 bridgehead atoms. The van der Waals surface area contributed by atoms with E-state index in [0.29, 0.717) is 10.8 Å². The topological polar surface area (TPSA) is 72.0 Å². The number of halogens is 1. The number of benzene rings is 2. The van der Waals surface area contributed by atoms with Gasteiger partial charge in [0, 0.05) is 16.7 Å². The minimum absolute atomic E-state index is 0.157. The Kier molecular flexibility index (Phi) is 3.58. The number of H-pyrrole nitrogens is 1. The minimum Gasteiger partial charge on any atom is -0.495 e. The third-order valence-electron chi connectivity index (χ3n) is 3.40. The van der Waals surface area contributed by atoms with E-state index in [4.69, 9.17) is 16.3 Å². The van der Waals surface area contributed by atoms with Gasteiger partial charge in [-0.05, 0) is 35.4 Å². The lowest BCUT2D eigenvalue weighted by Crippen LogP contribution is -2.00. The zero-order valence-electron chi connectivity index (χ0n) is 11.9. The van der Waals surface area contributed by atoms with Crippen LogP contribution in [0.5, 0.6) is 5.75 Å². The summed E-state index contributed by atoms with van der Waals surface area (Å²) in [6.45, 7) is 0. The molecule has 5 nitrogen and oxygen atoms in total. The maximum atomic E-state index is 11.8. The van der Waals surface area contributed by atoms with E-state index in [0.717, 1.165) is 28.3 Å². The van der Waals surface area contributed by atoms with Crippen molar-refractivity contribution in [3.63, 3.8) is 0 Å². The van der Waals surface area contributed by atoms with Crippen molar-refractivity contribution in [1.29, 1.82) is 0 Å². The van der Waals surface area contributed by atoms with Crippen LogP contribution in [0.25, 0.3) is 22.0 Å². The van der Waals surface area contributed by atoms with Crippen molar-refractivity contribution in [3.8, 4) is 16.9 Å². The van der Waals surface area contributed by atoms with Gasteiger partial charge in [-0.3, -0.25) is 5.10 Å². The number of sulfone groups is 1. The van der Waals surface area contributed by atoms with Gasteiger partial charge >= 0.3 is 0 Å². The number of aromatic amines is 1. The fourth-order valence-corrected chi connectivity index (χ4v) is 3.44. The van der Waals surface area contributed by atoms with Crippen molar-refractivity contribution in [2.75, 3.05) is 13.4 Å². The summed E-state index contributed by atoms with van der Waals surface area (Å²) in [5.41, 5.74) is 2.47. The normalized spacial score (nSPS) is 11.8. The van der Waals surface area contributed by atoms with E-state index in [1.54, 1.807) is 24.4 Å². The molecule has 1 N–H and O–H groups in total. The van der Waals surface area contributed by atoms with Crippen LogP contribution >= 0.6 is 11.6 Å². The number of ether oxygens (including phenoxy) is 1. The van der Waals surface area contributed by atoms with Crippen molar-refractivity contribution < 1.29 is 13.2 Å². The molecule has 0 aliphatic rings. The number of aromatic nitrogens is 2. The summed E-state index contributed by atoms with van der Waals surface area (Å²) < 4.78 is 28.8. The highest BCUT2D eigenvalue weighted by atomic mass is 35.5. The molecule has 0 aliphatic carbocycles. The zero-order chi connectivity index (χ0) is 15.9. The van der Waals surface area contributed by atoms with Crippen molar-refractivity contribution in [2.24, 2.45) is 0 Å². The molecule has 2 aromatic carbocycles. The molecule has 0 saturated heterocycles. The summed E-state index contributed by atoms with van der Waals surface area (Å²) in [4.78, 5) is 0.157. The van der Waals surface area contributed by atoms with Crippen molar-refractivity contribution in [2.45, 2.75) is 4.90 Å². The van der Waals surface area contributed by atoms with E-state index in [-0.39, 0.29) is 4.90 Å². The summed E-state index contributed by atoms with van der Waals surface area (Å²) in [5, 5.41) is 8.36. The van der Waals surface area contributed by atoms with E-state index in [9.17, 15) is 8.42 Å². The lowest BCUT2D eigenvalue weighted by molar-refractivity contribution is 0.403. The Morgan fingerprint density at radius 2 is 2.00 bits per heavy atom. The smallest absolute Gasteiger partial charge is 0.179 e. The number of nitrogens with zero attached hydrogens (tertiary/aromatic N) is 1. The quantitative estimate of drug-likeness (QED) is 0.796. The van der Waals surface area contributed by atoms with Gasteiger partial charge in [-0.15, -0.1) is 0 Å². The Balaban J connectivity index is 2.26. The summed E-state index contributed by atoms with van der Waals surface area (Å²) in [5.74, 6) is 0.302. The Morgan fingerprint density at radius 3 is 2.68 bits per heavy atom. The van der Waals surface area contributed by atoms with Crippen LogP contribution in [0, 0.1) is 0 Å². The van der Waals surface area contributed by atoms with Crippen LogP contribution in [0.15, 0.2) is 41.4 Å². The molecule has 0 aliphatic heterocycles. The molecule has 0 amide bonds. The molecular weight excluding hydrogens is 324 g/mol. The molecule has 1 heterocycles. The fraction of sp³-hybridized carbons (Fsp3) is 0.133. The molecular formula is C15H13ClN2O3S. The van der Waals surface area contributed by atoms with E-state index >= 15 is 0 Å². The van der Waals surface area contributed by atoms with Crippen LogP contribution in [0.3, 0.4) is 0 Å². The first kappa shape index (κ1) is 14.9. The molecule has 114 valence electrons. The molecule has 7 heteroatoms. The van der Waals surface area contributed by atoms with E-state index in [2.05, 4.69) is 10.2 Å². The van der Waals surface area contributed by atoms with Gasteiger partial charge < -0.3 is 4.74 Å². The van der Waals surface area contributed by atoms with Gasteiger partial charge in [0.1, 0.15) is 10.6 Å². The summed E-state index contributed by atoms with van der Waals surface area (Å²) in [6, 6.07) is 8.56. The Labute approximate surface area is 132 Å². The molecule has 0 saturated carbocycles. The molecule has 0 fully saturated rings. The van der Waals surface area contributed by atoms with Gasteiger partial charge in [0.05, 0.1) is 18.8 Å². The Bertz CT molecular complexity index is 964. The van der Waals surface area contributed by atoms with Gasteiger partial charge in [0.2, 0.25) is 0 Å². The highest BCUT2D eigenvalue weighted by Gasteiger charge is 2.16. The number of nitrogens with one attached hydrogen (secondary N) is 1. The third kappa shape index (κ3) is 2.55. The number of rotatable bonds is 3. The molecule has 3 rings (SSSR count). The first-order chi connectivity index (χ1) is 10.4. The fourth-order valence-electron chi connectivity index (χ4n) is 2.40. The molecule has 0 spiro atoms. The van der Waals surface area contributed by atoms with E-state index < -0.39 is 9.84 Å². The maximum Gasteiger partial charge on any atom is 0.179 e. The first-order valence-electron chi connectivity index (χ1n) is 6.41. The van der Waals surface area contributed by atoms with Gasteiger partial charge in [0.15, 0.2) is 9.84 Å². The van der Waals surface area contributed by atoms with Crippen LogP contribution in [0.1, 0.15) is 0 Å². The number of fused-ring (bicyclic) bond motifs is 1. The van der Waals surface area contributed by atoms with Crippen LogP contribution < -0.4 is 4.74 Å². The van der Waals surface area contributed by atoms with Crippen LogP contribution in [0.2, 0.25) is 5.02 Å². The second-order valence-corrected chi connectivity index (χ2v) is 7.34. The van der Waals surface area contributed by atoms with E-state index in [1.165, 1.54) is 13.2 Å². The van der Waals surface area contributed by atoms with Gasteiger partial charge in [-0.2, -0.15) is 5.10 Å². The second kappa shape index (κ2) is 5.30. The number of hydrogen-bond acceptors (Lipinski definition) is 4. The van der Waals surface area contributed by atoms with Crippen molar-refractivity contribution >= 4 is 32.3 Å². The van der Waals surface area contributed by atoms with Crippen molar-refractivity contribution in [1.82, 2.24) is 10.2 Å². The second-order valence-electron chi connectivity index (χ2n) is 4.92. The standard InChI is InChI=1S/C15H13ClN2O3S/c1-21-14-5-9(3-4-15(14)22(2,19)20)11-6-10(16)7-13-12(11)8-17-18-13/h3-8H,1-2H3,(H,17,18). The highest BCUT2D eigenvalue weighted by molar-refractivity contribution is 7.90. The molecule has 1 aromatic heterocycles. The zero-order valence-corrected chi connectivity index (χ0v) is 13.5. The third-order valence-corrected chi connectivity index (χ3v) is 4.75. The predicted molar refractivity (Wildman–Crippen MR) is 86.2 cm³/mol. The van der Waals surface area contributed by atoms with Gasteiger partial charge in [-0.25, -0.2) is 8.42 Å². The first-order valence-corrected chi connectivity index (χ1v) is 8.68. The number of methoxy groups -OCH3 is 1. The summed E-state index contributed by atoms with van der Waals surface area (Å²) in [7, 11) is -1.91. The molecule has 0 atom stereocenters. The lowest BCUT2D eigenvalue weighted by atomic mass is 10.0. The highest BCUT2D eigenvalue weighted by Crippen LogP contribution is 2.35. The van der Waals surface area contributed by atoms with Gasteiger partial charge in [-0.1, -0.05) is 17.7 Å². The average Bonchev–Trinajstić information content (AvgIpc) is 2.92. The molecule has 3 aromatic rings. The minimum atomic E-state index is -3.35. The summed E-state index contributed by atoms with van der Waals surface area (Å²) in [6.07, 6.45) is 2.86. The SMILES string of the molecule is COc1cc(-c2cc(Cl)cc3[nH]ncc23)ccc1S(C)(=O)=O. The number of hydrogen-bond donors (Lipinski definition) is 1. The molecule has 0 radical (unpaired) electrons. The largest absolute Gasteiger partial charge is 0.495 e. The van der Waals surface area contributed by atoms with Crippen LogP contribution in [0.4, 0.5) is 0 Å². The molecule has 0 unspecified atom stereocenters. The monoisotopic (exact) mass is 336 g/mol. The van der Waals surface area contributed by atoms with Crippen molar-refractivity contribution in [3.05, 3.63) is 41.6 Å². The van der Waals surface area contributed by atoms with Gasteiger partial charge in [0.25, 0.3) is 0 Å². The maximum absolute atomic E-state index is 11.8.